The lowest BCUT2D eigenvalue weighted by atomic mass is 9.97. The minimum atomic E-state index is 0. The van der Waals surface area contributed by atoms with Crippen molar-refractivity contribution in [2.75, 3.05) is 20.6 Å². The first-order chi connectivity index (χ1) is 9.20. The predicted molar refractivity (Wildman–Crippen MR) is 87.9 cm³/mol. The van der Waals surface area contributed by atoms with Gasteiger partial charge in [0.15, 0.2) is 0 Å². The summed E-state index contributed by atoms with van der Waals surface area (Å²) in [7, 11) is 4.56. The first kappa shape index (κ1) is 22.7. The van der Waals surface area contributed by atoms with Crippen LogP contribution in [-0.4, -0.2) is 20.6 Å². The van der Waals surface area contributed by atoms with Gasteiger partial charge in [0, 0.05) is 5.92 Å². The van der Waals surface area contributed by atoms with Gasteiger partial charge in [-0.05, 0) is 12.8 Å². The third-order valence-electron chi connectivity index (χ3n) is 4.24. The fourth-order valence-electron chi connectivity index (χ4n) is 2.95. The topological polar surface area (TPSA) is 4.44 Å². The zero-order valence-corrected chi connectivity index (χ0v) is 16.2. The molecule has 0 spiro atoms. The van der Waals surface area contributed by atoms with E-state index in [4.69, 9.17) is 0 Å². The molecule has 0 bridgehead atoms. The van der Waals surface area contributed by atoms with Crippen molar-refractivity contribution in [3.05, 3.63) is 0 Å². The molecule has 0 rings (SSSR count). The van der Waals surface area contributed by atoms with Crippen molar-refractivity contribution in [2.24, 2.45) is 5.92 Å². The number of nitrogens with one attached hydrogen (secondary N) is 1. The van der Waals surface area contributed by atoms with Crippen LogP contribution < -0.4 is 21.9 Å². The van der Waals surface area contributed by atoms with Gasteiger partial charge in [0.1, 0.15) is 0 Å². The lowest BCUT2D eigenvalue weighted by Gasteiger charge is -2.17. The van der Waals surface area contributed by atoms with E-state index >= 15 is 0 Å². The Kier molecular flexibility index (Phi) is 19.9. The molecule has 0 radical (unpaired) electrons. The molecule has 0 fully saturated rings. The summed E-state index contributed by atoms with van der Waals surface area (Å²) in [5.74, 6) is 0.957. The molecular formula is C18H40BrN. The second kappa shape index (κ2) is 17.5. The minimum absolute atomic E-state index is 0. The molecule has 2 heteroatoms. The molecule has 0 aromatic heterocycles. The van der Waals surface area contributed by atoms with E-state index in [0.29, 0.717) is 0 Å². The largest absolute Gasteiger partial charge is 1.00 e. The fraction of sp³-hybridized carbons (Fsp3) is 1.00. The van der Waals surface area contributed by atoms with Gasteiger partial charge in [-0.2, -0.15) is 0 Å². The van der Waals surface area contributed by atoms with Gasteiger partial charge >= 0.3 is 0 Å². The first-order valence-electron chi connectivity index (χ1n) is 8.99. The molecule has 0 saturated carbocycles. The average Bonchev–Trinajstić information content (AvgIpc) is 2.39. The molecule has 0 aromatic carbocycles. The monoisotopic (exact) mass is 349 g/mol. The molecule has 0 aliphatic carbocycles. The zero-order chi connectivity index (χ0) is 14.3. The van der Waals surface area contributed by atoms with Crippen LogP contribution >= 0.6 is 0 Å². The number of hydrogen-bond acceptors (Lipinski definition) is 0. The van der Waals surface area contributed by atoms with Crippen LogP contribution in [0.5, 0.6) is 0 Å². The van der Waals surface area contributed by atoms with Crippen molar-refractivity contribution < 1.29 is 21.9 Å². The van der Waals surface area contributed by atoms with Crippen molar-refractivity contribution in [3.63, 3.8) is 0 Å². The lowest BCUT2D eigenvalue weighted by molar-refractivity contribution is -0.862. The highest BCUT2D eigenvalue weighted by Gasteiger charge is 2.09. The summed E-state index contributed by atoms with van der Waals surface area (Å²) >= 11 is 0. The second-order valence-corrected chi connectivity index (χ2v) is 6.66. The van der Waals surface area contributed by atoms with Crippen LogP contribution in [0.1, 0.15) is 90.9 Å². The Labute approximate surface area is 139 Å². The van der Waals surface area contributed by atoms with Crippen LogP contribution in [0.25, 0.3) is 0 Å². The Morgan fingerprint density at radius 3 is 1.55 bits per heavy atom. The number of rotatable bonds is 14. The van der Waals surface area contributed by atoms with Gasteiger partial charge in [0.2, 0.25) is 0 Å². The highest BCUT2D eigenvalue weighted by atomic mass is 79.9. The summed E-state index contributed by atoms with van der Waals surface area (Å²) in [6.45, 7) is 6.00. The van der Waals surface area contributed by atoms with Gasteiger partial charge in [-0.15, -0.1) is 0 Å². The van der Waals surface area contributed by atoms with E-state index in [1.165, 1.54) is 83.6 Å². The molecule has 0 saturated heterocycles. The molecule has 0 amide bonds. The molecule has 1 nitrogen and oxygen atoms in total. The maximum Gasteiger partial charge on any atom is 0.0795 e. The summed E-state index contributed by atoms with van der Waals surface area (Å²) in [6.07, 6.45) is 17.4. The lowest BCUT2D eigenvalue weighted by Crippen LogP contribution is -3.06. The molecule has 1 atom stereocenters. The number of halogens is 1. The summed E-state index contributed by atoms with van der Waals surface area (Å²) in [6, 6.07) is 0. The van der Waals surface area contributed by atoms with Crippen LogP contribution in [0.4, 0.5) is 0 Å². The van der Waals surface area contributed by atoms with Gasteiger partial charge in [-0.25, -0.2) is 0 Å². The first-order valence-corrected chi connectivity index (χ1v) is 8.99. The van der Waals surface area contributed by atoms with E-state index in [-0.39, 0.29) is 17.0 Å². The highest BCUT2D eigenvalue weighted by molar-refractivity contribution is 4.56. The van der Waals surface area contributed by atoms with Crippen molar-refractivity contribution >= 4 is 0 Å². The molecule has 1 unspecified atom stereocenters. The second-order valence-electron chi connectivity index (χ2n) is 6.66. The van der Waals surface area contributed by atoms with Crippen LogP contribution in [-0.2, 0) is 0 Å². The van der Waals surface area contributed by atoms with Crippen LogP contribution in [0.3, 0.4) is 0 Å². The number of hydrogen-bond donors (Lipinski definition) is 1. The quantitative estimate of drug-likeness (QED) is 0.453. The standard InChI is InChI=1S/C18H39N.BrH/c1-5-7-8-9-10-11-12-13-14-15-16-18(6-2)17-19(3)4;/h18H,5-17H2,1-4H3;1H. The third kappa shape index (κ3) is 16.5. The smallest absolute Gasteiger partial charge is 0.0795 e. The van der Waals surface area contributed by atoms with Crippen LogP contribution in [0.15, 0.2) is 0 Å². The van der Waals surface area contributed by atoms with Crippen molar-refractivity contribution in [1.29, 1.82) is 0 Å². The van der Waals surface area contributed by atoms with E-state index in [9.17, 15) is 0 Å². The molecule has 0 heterocycles. The Bertz CT molecular complexity index is 171. The molecular weight excluding hydrogens is 310 g/mol. The van der Waals surface area contributed by atoms with Gasteiger partial charge < -0.3 is 21.9 Å². The highest BCUT2D eigenvalue weighted by Crippen LogP contribution is 2.15. The van der Waals surface area contributed by atoms with E-state index in [0.717, 1.165) is 5.92 Å². The Morgan fingerprint density at radius 1 is 0.700 bits per heavy atom. The SMILES string of the molecule is CCCCCCCCCCCCC(CC)C[NH+](C)C.[Br-]. The van der Waals surface area contributed by atoms with Gasteiger partial charge in [-0.1, -0.05) is 78.1 Å². The summed E-state index contributed by atoms with van der Waals surface area (Å²) in [5, 5.41) is 0. The molecule has 0 aliphatic rings. The third-order valence-corrected chi connectivity index (χ3v) is 4.24. The minimum Gasteiger partial charge on any atom is -1.00 e. The molecule has 0 aromatic rings. The van der Waals surface area contributed by atoms with Crippen LogP contribution in [0, 0.1) is 5.92 Å². The molecule has 0 aliphatic heterocycles. The molecule has 20 heavy (non-hydrogen) atoms. The van der Waals surface area contributed by atoms with Gasteiger partial charge in [-0.3, -0.25) is 0 Å². The Morgan fingerprint density at radius 2 is 1.15 bits per heavy atom. The number of unbranched alkanes of at least 4 members (excludes halogenated alkanes) is 9. The fourth-order valence-corrected chi connectivity index (χ4v) is 2.95. The molecule has 124 valence electrons. The zero-order valence-electron chi connectivity index (χ0n) is 14.6. The molecule has 1 N–H and O–H groups in total. The summed E-state index contributed by atoms with van der Waals surface area (Å²) in [5.41, 5.74) is 0. The van der Waals surface area contributed by atoms with Crippen molar-refractivity contribution in [2.45, 2.75) is 90.9 Å². The Hall–Kier alpha value is 0.440. The van der Waals surface area contributed by atoms with E-state index in [1.807, 2.05) is 0 Å². The van der Waals surface area contributed by atoms with Crippen LogP contribution in [0.2, 0.25) is 0 Å². The van der Waals surface area contributed by atoms with Gasteiger partial charge in [0.25, 0.3) is 0 Å². The normalized spacial score (nSPS) is 12.4. The van der Waals surface area contributed by atoms with Crippen molar-refractivity contribution in [1.82, 2.24) is 0 Å². The maximum absolute atomic E-state index is 2.35. The Balaban J connectivity index is 0. The van der Waals surface area contributed by atoms with E-state index in [2.05, 4.69) is 27.9 Å². The summed E-state index contributed by atoms with van der Waals surface area (Å²) < 4.78 is 0. The predicted octanol–water partition coefficient (Wildman–Crippen LogP) is 1.47. The average molecular weight is 350 g/mol. The maximum atomic E-state index is 2.35. The van der Waals surface area contributed by atoms with Gasteiger partial charge in [0.05, 0.1) is 20.6 Å². The number of quaternary nitrogens is 1. The van der Waals surface area contributed by atoms with Crippen molar-refractivity contribution in [3.8, 4) is 0 Å². The summed E-state index contributed by atoms with van der Waals surface area (Å²) in [4.78, 5) is 1.61. The van der Waals surface area contributed by atoms with E-state index < -0.39 is 0 Å². The van der Waals surface area contributed by atoms with E-state index in [1.54, 1.807) is 4.90 Å².